The molecule has 8 heteroatoms. The predicted molar refractivity (Wildman–Crippen MR) is 86.9 cm³/mol. The highest BCUT2D eigenvalue weighted by Crippen LogP contribution is 2.38. The Balaban J connectivity index is 2.76. The van der Waals surface area contributed by atoms with Gasteiger partial charge in [0.2, 0.25) is 5.75 Å². The fraction of sp³-hybridized carbons (Fsp3) is 0.533. The van der Waals surface area contributed by atoms with Crippen molar-refractivity contribution in [1.82, 2.24) is 0 Å². The Hall–Kier alpha value is -1.48. The molecule has 0 spiro atoms. The van der Waals surface area contributed by atoms with Crippen molar-refractivity contribution in [3.05, 3.63) is 17.7 Å². The molecule has 0 aliphatic carbocycles. The Labute approximate surface area is 139 Å². The molecule has 0 heterocycles. The van der Waals surface area contributed by atoms with Gasteiger partial charge in [-0.1, -0.05) is 0 Å². The molecule has 3 N–H and O–H groups in total. The zero-order valence-electron chi connectivity index (χ0n) is 13.3. The molecule has 0 aliphatic heterocycles. The number of methoxy groups -OCH3 is 3. The van der Waals surface area contributed by atoms with E-state index in [4.69, 9.17) is 19.3 Å². The van der Waals surface area contributed by atoms with E-state index in [1.807, 2.05) is 0 Å². The van der Waals surface area contributed by atoms with E-state index in [1.54, 1.807) is 12.1 Å². The number of ketones is 1. The van der Waals surface area contributed by atoms with E-state index in [0.29, 0.717) is 22.8 Å². The van der Waals surface area contributed by atoms with Crippen LogP contribution in [0.15, 0.2) is 12.1 Å². The fourth-order valence-corrected chi connectivity index (χ4v) is 2.76. The van der Waals surface area contributed by atoms with Gasteiger partial charge in [0.05, 0.1) is 39.8 Å². The first-order valence-electron chi connectivity index (χ1n) is 6.86. The SMILES string of the molecule is COc1cc(C(=O)CSC[C@H](O)[C@@H](O)CO)cc(OC)c1OC. The molecule has 2 atom stereocenters. The van der Waals surface area contributed by atoms with Crippen molar-refractivity contribution in [2.24, 2.45) is 0 Å². The number of hydrogen-bond acceptors (Lipinski definition) is 8. The molecule has 1 aromatic carbocycles. The fourth-order valence-electron chi connectivity index (χ4n) is 1.83. The van der Waals surface area contributed by atoms with Crippen LogP contribution in [0.2, 0.25) is 0 Å². The Morgan fingerprint density at radius 2 is 1.65 bits per heavy atom. The van der Waals surface area contributed by atoms with Crippen molar-refractivity contribution in [3.8, 4) is 17.2 Å². The molecule has 1 rings (SSSR count). The second-order valence-electron chi connectivity index (χ2n) is 4.67. The molecule has 0 saturated heterocycles. The van der Waals surface area contributed by atoms with Gasteiger partial charge in [0.25, 0.3) is 0 Å². The first kappa shape index (κ1) is 19.6. The van der Waals surface area contributed by atoms with Crippen molar-refractivity contribution in [1.29, 1.82) is 0 Å². The van der Waals surface area contributed by atoms with E-state index < -0.39 is 18.8 Å². The largest absolute Gasteiger partial charge is 0.493 e. The zero-order valence-corrected chi connectivity index (χ0v) is 14.1. The topological polar surface area (TPSA) is 105 Å². The molecule has 1 aromatic rings. The van der Waals surface area contributed by atoms with Crippen molar-refractivity contribution in [3.63, 3.8) is 0 Å². The molecule has 0 aromatic heterocycles. The molecule has 0 bridgehead atoms. The van der Waals surface area contributed by atoms with Gasteiger partial charge >= 0.3 is 0 Å². The maximum Gasteiger partial charge on any atom is 0.203 e. The molecule has 130 valence electrons. The summed E-state index contributed by atoms with van der Waals surface area (Å²) in [4.78, 5) is 12.2. The van der Waals surface area contributed by atoms with Crippen LogP contribution in [0, 0.1) is 0 Å². The smallest absolute Gasteiger partial charge is 0.203 e. The standard InChI is InChI=1S/C15H22O7S/c1-20-13-4-9(5-14(21-2)15(13)22-3)11(18)7-23-8-12(19)10(17)6-16/h4-5,10,12,16-17,19H,6-8H2,1-3H3/t10-,12-/m0/s1. The number of Topliss-reactive ketones (excluding diaryl/α,β-unsaturated/α-hetero) is 1. The van der Waals surface area contributed by atoms with Gasteiger partial charge in [-0.3, -0.25) is 4.79 Å². The Bertz CT molecular complexity index is 496. The van der Waals surface area contributed by atoms with E-state index in [1.165, 1.54) is 21.3 Å². The Kier molecular flexibility index (Phi) is 8.18. The Morgan fingerprint density at radius 1 is 1.09 bits per heavy atom. The maximum atomic E-state index is 12.2. The highest BCUT2D eigenvalue weighted by atomic mass is 32.2. The number of carbonyl (C=O) groups excluding carboxylic acids is 1. The summed E-state index contributed by atoms with van der Waals surface area (Å²) < 4.78 is 15.6. The first-order valence-corrected chi connectivity index (χ1v) is 8.01. The van der Waals surface area contributed by atoms with Crippen molar-refractivity contribution >= 4 is 17.5 Å². The number of aliphatic hydroxyl groups excluding tert-OH is 3. The number of rotatable bonds is 10. The van der Waals surface area contributed by atoms with E-state index >= 15 is 0 Å². The van der Waals surface area contributed by atoms with E-state index in [-0.39, 0.29) is 17.3 Å². The summed E-state index contributed by atoms with van der Waals surface area (Å²) >= 11 is 1.16. The minimum absolute atomic E-state index is 0.105. The summed E-state index contributed by atoms with van der Waals surface area (Å²) in [6, 6.07) is 3.12. The minimum Gasteiger partial charge on any atom is -0.493 e. The third kappa shape index (κ3) is 5.28. The molecule has 7 nitrogen and oxygen atoms in total. The van der Waals surface area contributed by atoms with Crippen LogP contribution in [-0.2, 0) is 0 Å². The predicted octanol–water partition coefficient (Wildman–Crippen LogP) is 0.342. The van der Waals surface area contributed by atoms with Gasteiger partial charge in [0, 0.05) is 11.3 Å². The molecule has 23 heavy (non-hydrogen) atoms. The minimum atomic E-state index is -1.21. The third-order valence-corrected chi connectivity index (χ3v) is 4.18. The van der Waals surface area contributed by atoms with Crippen molar-refractivity contribution in [2.45, 2.75) is 12.2 Å². The van der Waals surface area contributed by atoms with Gasteiger partial charge in [0.15, 0.2) is 17.3 Å². The zero-order chi connectivity index (χ0) is 17.4. The normalized spacial score (nSPS) is 13.3. The second kappa shape index (κ2) is 9.61. The van der Waals surface area contributed by atoms with Gasteiger partial charge in [-0.15, -0.1) is 0 Å². The lowest BCUT2D eigenvalue weighted by atomic mass is 10.1. The van der Waals surface area contributed by atoms with E-state index in [9.17, 15) is 15.0 Å². The van der Waals surface area contributed by atoms with Crippen LogP contribution in [-0.4, -0.2) is 72.8 Å². The van der Waals surface area contributed by atoms with Gasteiger partial charge < -0.3 is 29.5 Å². The number of hydrogen-bond donors (Lipinski definition) is 3. The van der Waals surface area contributed by atoms with Crippen LogP contribution < -0.4 is 14.2 Å². The average Bonchev–Trinajstić information content (AvgIpc) is 2.58. The number of ether oxygens (including phenoxy) is 3. The lowest BCUT2D eigenvalue weighted by molar-refractivity contribution is -0.00188. The van der Waals surface area contributed by atoms with E-state index in [0.717, 1.165) is 11.8 Å². The van der Waals surface area contributed by atoms with Crippen LogP contribution in [0.4, 0.5) is 0 Å². The number of carbonyl (C=O) groups is 1. The summed E-state index contributed by atoms with van der Waals surface area (Å²) in [5.74, 6) is 1.23. The van der Waals surface area contributed by atoms with Gasteiger partial charge in [-0.05, 0) is 12.1 Å². The third-order valence-electron chi connectivity index (χ3n) is 3.14. The quantitative estimate of drug-likeness (QED) is 0.521. The van der Waals surface area contributed by atoms with E-state index in [2.05, 4.69) is 0 Å². The molecule has 0 fully saturated rings. The molecule has 0 aliphatic rings. The molecule has 0 unspecified atom stereocenters. The lowest BCUT2D eigenvalue weighted by Crippen LogP contribution is -2.31. The number of thioether (sulfide) groups is 1. The summed E-state index contributed by atoms with van der Waals surface area (Å²) in [6.07, 6.45) is -2.29. The molecular weight excluding hydrogens is 324 g/mol. The van der Waals surface area contributed by atoms with Crippen LogP contribution in [0.5, 0.6) is 17.2 Å². The van der Waals surface area contributed by atoms with Gasteiger partial charge in [-0.25, -0.2) is 0 Å². The molecule has 0 saturated carbocycles. The maximum absolute atomic E-state index is 12.2. The number of aliphatic hydroxyl groups is 3. The second-order valence-corrected chi connectivity index (χ2v) is 5.70. The van der Waals surface area contributed by atoms with Crippen LogP contribution >= 0.6 is 11.8 Å². The monoisotopic (exact) mass is 346 g/mol. The van der Waals surface area contributed by atoms with Crippen LogP contribution in [0.25, 0.3) is 0 Å². The average molecular weight is 346 g/mol. The summed E-state index contributed by atoms with van der Waals surface area (Å²) in [6.45, 7) is -0.525. The number of benzene rings is 1. The highest BCUT2D eigenvalue weighted by Gasteiger charge is 2.19. The van der Waals surface area contributed by atoms with Crippen LogP contribution in [0.3, 0.4) is 0 Å². The summed E-state index contributed by atoms with van der Waals surface area (Å²) in [7, 11) is 4.41. The van der Waals surface area contributed by atoms with Crippen molar-refractivity contribution < 1.29 is 34.3 Å². The first-order chi connectivity index (χ1) is 11.0. The highest BCUT2D eigenvalue weighted by molar-refractivity contribution is 8.00. The van der Waals surface area contributed by atoms with Crippen LogP contribution in [0.1, 0.15) is 10.4 Å². The summed E-state index contributed by atoms with van der Waals surface area (Å²) in [5, 5.41) is 27.5. The molecule has 0 amide bonds. The molecule has 0 radical (unpaired) electrons. The lowest BCUT2D eigenvalue weighted by Gasteiger charge is -2.15. The summed E-state index contributed by atoms with van der Waals surface area (Å²) in [5.41, 5.74) is 0.393. The van der Waals surface area contributed by atoms with Crippen molar-refractivity contribution in [2.75, 3.05) is 39.4 Å². The Morgan fingerprint density at radius 3 is 2.09 bits per heavy atom. The van der Waals surface area contributed by atoms with Gasteiger partial charge in [0.1, 0.15) is 6.10 Å². The molecular formula is C15H22O7S. The van der Waals surface area contributed by atoms with Gasteiger partial charge in [-0.2, -0.15) is 11.8 Å².